The summed E-state index contributed by atoms with van der Waals surface area (Å²) in [6.45, 7) is 12.8. The summed E-state index contributed by atoms with van der Waals surface area (Å²) in [5.41, 5.74) is -0.212. The van der Waals surface area contributed by atoms with Gasteiger partial charge < -0.3 is 14.0 Å². The van der Waals surface area contributed by atoms with Crippen molar-refractivity contribution in [2.45, 2.75) is 78.4 Å². The van der Waals surface area contributed by atoms with Gasteiger partial charge in [0.25, 0.3) is 5.89 Å². The Hall–Kier alpha value is -4.09. The molecule has 0 fully saturated rings. The molecule has 0 bridgehead atoms. The molecule has 0 aliphatic rings. The van der Waals surface area contributed by atoms with Crippen LogP contribution in [-0.4, -0.2) is 51.9 Å². The molecule has 1 atom stereocenters. The van der Waals surface area contributed by atoms with Crippen molar-refractivity contribution in [1.29, 1.82) is 0 Å². The number of ether oxygens (including phenoxy) is 2. The number of esters is 1. The van der Waals surface area contributed by atoms with Crippen molar-refractivity contribution in [3.05, 3.63) is 83.2 Å². The summed E-state index contributed by atoms with van der Waals surface area (Å²) in [5, 5.41) is 3.89. The summed E-state index contributed by atoms with van der Waals surface area (Å²) in [6, 6.07) is 14.2. The van der Waals surface area contributed by atoms with Gasteiger partial charge in [-0.05, 0) is 90.4 Å². The highest BCUT2D eigenvalue weighted by molar-refractivity contribution is 5.76. The van der Waals surface area contributed by atoms with E-state index in [1.165, 1.54) is 24.3 Å². The van der Waals surface area contributed by atoms with E-state index in [1.54, 1.807) is 70.0 Å². The van der Waals surface area contributed by atoms with Gasteiger partial charge in [0.15, 0.2) is 0 Å². The van der Waals surface area contributed by atoms with Crippen LogP contribution >= 0.6 is 0 Å². The Labute approximate surface area is 266 Å². The Bertz CT molecular complexity index is 1690. The maximum atomic E-state index is 15.4. The molecule has 7 nitrogen and oxygen atoms in total. The summed E-state index contributed by atoms with van der Waals surface area (Å²) in [6.07, 6.45) is -4.63. The van der Waals surface area contributed by atoms with Crippen LogP contribution in [-0.2, 0) is 27.0 Å². The number of carbonyl (C=O) groups is 1. The van der Waals surface area contributed by atoms with Crippen LogP contribution in [0.2, 0.25) is 0 Å². The SMILES string of the molecule is Cc1ccccc1-c1ccc(-c2nc(-c3ccc(CN(C)[C@@H](COC(C)(C)C)C(=O)OC(C)(C)C)c(F)c3)no2)cc1C(F)(F)F. The fourth-order valence-electron chi connectivity index (χ4n) is 4.75. The first-order valence-electron chi connectivity index (χ1n) is 14.8. The summed E-state index contributed by atoms with van der Waals surface area (Å²) >= 11 is 0. The Morgan fingerprint density at radius 1 is 0.913 bits per heavy atom. The van der Waals surface area contributed by atoms with Crippen LogP contribution in [0.25, 0.3) is 34.0 Å². The predicted octanol–water partition coefficient (Wildman–Crippen LogP) is 8.49. The van der Waals surface area contributed by atoms with Crippen molar-refractivity contribution < 1.29 is 36.4 Å². The molecule has 0 aliphatic carbocycles. The van der Waals surface area contributed by atoms with Gasteiger partial charge in [-0.25, -0.2) is 4.39 Å². The van der Waals surface area contributed by atoms with E-state index < -0.39 is 40.8 Å². The lowest BCUT2D eigenvalue weighted by Gasteiger charge is -2.32. The highest BCUT2D eigenvalue weighted by Crippen LogP contribution is 2.40. The predicted molar refractivity (Wildman–Crippen MR) is 167 cm³/mol. The molecule has 0 amide bonds. The monoisotopic (exact) mass is 641 g/mol. The van der Waals surface area contributed by atoms with Gasteiger partial charge in [-0.1, -0.05) is 47.6 Å². The minimum absolute atomic E-state index is 0.00977. The van der Waals surface area contributed by atoms with Gasteiger partial charge in [-0.15, -0.1) is 0 Å². The van der Waals surface area contributed by atoms with E-state index in [9.17, 15) is 18.0 Å². The molecule has 4 aromatic rings. The van der Waals surface area contributed by atoms with Crippen molar-refractivity contribution in [3.63, 3.8) is 0 Å². The molecule has 0 N–H and O–H groups in total. The number of alkyl halides is 3. The molecule has 46 heavy (non-hydrogen) atoms. The molecule has 4 rings (SSSR count). The first kappa shape index (κ1) is 34.8. The van der Waals surface area contributed by atoms with Gasteiger partial charge in [0.1, 0.15) is 17.5 Å². The van der Waals surface area contributed by atoms with E-state index in [-0.39, 0.29) is 41.6 Å². The van der Waals surface area contributed by atoms with E-state index >= 15 is 4.39 Å². The summed E-state index contributed by atoms with van der Waals surface area (Å²) in [4.78, 5) is 18.9. The first-order chi connectivity index (χ1) is 21.3. The molecule has 0 saturated heterocycles. The third-order valence-corrected chi connectivity index (χ3v) is 7.05. The Kier molecular flexibility index (Phi) is 10.1. The normalized spacial score (nSPS) is 13.2. The maximum Gasteiger partial charge on any atom is 0.417 e. The van der Waals surface area contributed by atoms with E-state index in [0.29, 0.717) is 16.7 Å². The molecule has 246 valence electrons. The molecule has 11 heteroatoms. The average Bonchev–Trinajstić information content (AvgIpc) is 3.43. The number of aryl methyl sites for hydroxylation is 1. The van der Waals surface area contributed by atoms with Crippen LogP contribution in [0.5, 0.6) is 0 Å². The minimum Gasteiger partial charge on any atom is -0.459 e. The first-order valence-corrected chi connectivity index (χ1v) is 14.8. The number of aromatic nitrogens is 2. The summed E-state index contributed by atoms with van der Waals surface area (Å²) in [7, 11) is 1.68. The van der Waals surface area contributed by atoms with Crippen LogP contribution in [0.3, 0.4) is 0 Å². The third-order valence-electron chi connectivity index (χ3n) is 7.05. The fourth-order valence-corrected chi connectivity index (χ4v) is 4.75. The van der Waals surface area contributed by atoms with Gasteiger partial charge in [0.2, 0.25) is 5.82 Å². The Morgan fingerprint density at radius 3 is 2.20 bits per heavy atom. The number of nitrogens with zero attached hydrogens (tertiary/aromatic N) is 3. The van der Waals surface area contributed by atoms with Crippen LogP contribution in [0.1, 0.15) is 58.2 Å². The zero-order chi connectivity index (χ0) is 34.0. The van der Waals surface area contributed by atoms with Crippen molar-refractivity contribution in [2.75, 3.05) is 13.7 Å². The number of halogens is 4. The minimum atomic E-state index is -4.63. The van der Waals surface area contributed by atoms with Crippen molar-refractivity contribution in [3.8, 4) is 34.0 Å². The molecule has 0 spiro atoms. The van der Waals surface area contributed by atoms with Gasteiger partial charge in [0.05, 0.1) is 17.8 Å². The lowest BCUT2D eigenvalue weighted by molar-refractivity contribution is -0.165. The van der Waals surface area contributed by atoms with E-state index in [1.807, 2.05) is 20.8 Å². The number of carbonyl (C=O) groups excluding carboxylic acids is 1. The topological polar surface area (TPSA) is 77.7 Å². The van der Waals surface area contributed by atoms with Gasteiger partial charge >= 0.3 is 12.1 Å². The lowest BCUT2D eigenvalue weighted by Crippen LogP contribution is -2.46. The molecule has 1 aromatic heterocycles. The van der Waals surface area contributed by atoms with Gasteiger partial charge in [-0.3, -0.25) is 9.69 Å². The fraction of sp³-hybridized carbons (Fsp3) is 0.400. The van der Waals surface area contributed by atoms with E-state index in [0.717, 1.165) is 6.07 Å². The smallest absolute Gasteiger partial charge is 0.417 e. The number of hydrogen-bond donors (Lipinski definition) is 0. The van der Waals surface area contributed by atoms with Gasteiger partial charge in [-0.2, -0.15) is 18.2 Å². The second-order valence-corrected chi connectivity index (χ2v) is 13.2. The summed E-state index contributed by atoms with van der Waals surface area (Å²) in [5.74, 6) is -1.20. The number of benzene rings is 3. The number of rotatable bonds is 9. The zero-order valence-electron chi connectivity index (χ0n) is 27.3. The molecule has 0 unspecified atom stereocenters. The van der Waals surface area contributed by atoms with E-state index in [2.05, 4.69) is 10.1 Å². The van der Waals surface area contributed by atoms with Crippen LogP contribution in [0.15, 0.2) is 65.2 Å². The van der Waals surface area contributed by atoms with Crippen LogP contribution in [0, 0.1) is 12.7 Å². The second kappa shape index (κ2) is 13.3. The standard InChI is InChI=1S/C35H39F4N3O4/c1-21-11-9-10-12-25(21)26-16-15-23(17-27(26)35(37,38)39)31-40-30(41-46-31)22-13-14-24(28(36)18-22)19-42(8)29(20-44-33(2,3)4)32(43)45-34(5,6)7/h9-18,29H,19-20H2,1-8H3/t29-/m0/s1. The number of hydrogen-bond acceptors (Lipinski definition) is 7. The second-order valence-electron chi connectivity index (χ2n) is 13.2. The highest BCUT2D eigenvalue weighted by Gasteiger charge is 2.35. The van der Waals surface area contributed by atoms with Crippen molar-refractivity contribution >= 4 is 5.97 Å². The summed E-state index contributed by atoms with van der Waals surface area (Å²) < 4.78 is 74.5. The Morgan fingerprint density at radius 2 is 1.59 bits per heavy atom. The van der Waals surface area contributed by atoms with Gasteiger partial charge in [0, 0.05) is 23.2 Å². The number of likely N-dealkylation sites (N-methyl/N-ethyl adjacent to an activating group) is 1. The van der Waals surface area contributed by atoms with Crippen molar-refractivity contribution in [2.24, 2.45) is 0 Å². The molecule has 3 aromatic carbocycles. The lowest BCUT2D eigenvalue weighted by atomic mass is 9.94. The molecule has 0 aliphatic heterocycles. The van der Waals surface area contributed by atoms with Crippen molar-refractivity contribution in [1.82, 2.24) is 15.0 Å². The van der Waals surface area contributed by atoms with Crippen LogP contribution in [0.4, 0.5) is 17.6 Å². The molecule has 0 saturated carbocycles. The highest BCUT2D eigenvalue weighted by atomic mass is 19.4. The molecule has 1 heterocycles. The largest absolute Gasteiger partial charge is 0.459 e. The van der Waals surface area contributed by atoms with Crippen LogP contribution < -0.4 is 0 Å². The van der Waals surface area contributed by atoms with E-state index in [4.69, 9.17) is 14.0 Å². The molecular formula is C35H39F4N3O4. The maximum absolute atomic E-state index is 15.4. The zero-order valence-corrected chi connectivity index (χ0v) is 27.3. The third kappa shape index (κ3) is 8.79. The Balaban J connectivity index is 1.57. The average molecular weight is 642 g/mol. The quantitative estimate of drug-likeness (QED) is 0.134. The molecule has 0 radical (unpaired) electrons. The molecular weight excluding hydrogens is 602 g/mol.